The smallest absolute Gasteiger partial charge is 0.323 e. The molecule has 0 aliphatic carbocycles. The molecule has 1 aromatic carbocycles. The number of carbonyl (C=O) groups is 1. The van der Waals surface area contributed by atoms with Crippen molar-refractivity contribution < 1.29 is 22.4 Å². The maximum Gasteiger partial charge on any atom is 0.416 e. The third kappa shape index (κ3) is 4.58. The zero-order valence-electron chi connectivity index (χ0n) is 16.9. The SMILES string of the molecule is CC(C)(F)c1nn(CC(=O)Nc2ccc(=N)n(C=N)c2)c(=O)c2ccc(C(F)(F)F)cc12. The molecule has 2 heterocycles. The van der Waals surface area contributed by atoms with Gasteiger partial charge in [0.15, 0.2) is 0 Å². The average molecular weight is 450 g/mol. The number of carbonyl (C=O) groups excluding carboxylic acids is 1. The summed E-state index contributed by atoms with van der Waals surface area (Å²) in [5.74, 6) is -0.720. The van der Waals surface area contributed by atoms with E-state index in [2.05, 4.69) is 10.4 Å². The number of nitrogens with zero attached hydrogens (tertiary/aromatic N) is 3. The van der Waals surface area contributed by atoms with Crippen LogP contribution in [0.5, 0.6) is 0 Å². The van der Waals surface area contributed by atoms with Crippen molar-refractivity contribution in [3.05, 3.63) is 63.6 Å². The molecule has 2 aromatic heterocycles. The molecule has 0 unspecified atom stereocenters. The molecule has 0 radical (unpaired) electrons. The van der Waals surface area contributed by atoms with Gasteiger partial charge in [0.05, 0.1) is 23.0 Å². The van der Waals surface area contributed by atoms with Crippen LogP contribution in [-0.2, 0) is 23.2 Å². The van der Waals surface area contributed by atoms with Crippen molar-refractivity contribution in [1.82, 2.24) is 14.3 Å². The van der Waals surface area contributed by atoms with Crippen LogP contribution in [0, 0.1) is 10.8 Å². The number of amides is 1. The summed E-state index contributed by atoms with van der Waals surface area (Å²) in [6, 6.07) is 5.06. The third-order valence-corrected chi connectivity index (χ3v) is 4.54. The van der Waals surface area contributed by atoms with Crippen molar-refractivity contribution >= 4 is 28.7 Å². The van der Waals surface area contributed by atoms with E-state index in [1.54, 1.807) is 0 Å². The first-order chi connectivity index (χ1) is 14.8. The van der Waals surface area contributed by atoms with Gasteiger partial charge < -0.3 is 5.32 Å². The molecule has 0 spiro atoms. The van der Waals surface area contributed by atoms with Crippen LogP contribution in [0.2, 0.25) is 0 Å². The lowest BCUT2D eigenvalue weighted by Gasteiger charge is -2.19. The van der Waals surface area contributed by atoms with Gasteiger partial charge in [0.25, 0.3) is 5.56 Å². The van der Waals surface area contributed by atoms with Crippen LogP contribution in [0.15, 0.2) is 41.3 Å². The van der Waals surface area contributed by atoms with Crippen molar-refractivity contribution in [3.63, 3.8) is 0 Å². The normalized spacial score (nSPS) is 12.1. The fraction of sp³-hybridized carbons (Fsp3) is 0.250. The first-order valence-electron chi connectivity index (χ1n) is 9.20. The van der Waals surface area contributed by atoms with Gasteiger partial charge in [-0.3, -0.25) is 25.0 Å². The Kier molecular flexibility index (Phi) is 5.73. The van der Waals surface area contributed by atoms with E-state index < -0.39 is 41.1 Å². The Hall–Kier alpha value is -3.83. The van der Waals surface area contributed by atoms with Crippen LogP contribution in [0.1, 0.15) is 25.1 Å². The number of benzene rings is 1. The summed E-state index contributed by atoms with van der Waals surface area (Å²) in [6.45, 7) is 1.54. The Morgan fingerprint density at radius 1 is 1.16 bits per heavy atom. The Morgan fingerprint density at radius 2 is 1.84 bits per heavy atom. The average Bonchev–Trinajstić information content (AvgIpc) is 2.69. The third-order valence-electron chi connectivity index (χ3n) is 4.54. The highest BCUT2D eigenvalue weighted by Gasteiger charge is 2.33. The number of fused-ring (bicyclic) bond motifs is 1. The first kappa shape index (κ1) is 22.8. The fourth-order valence-corrected chi connectivity index (χ4v) is 3.04. The molecule has 32 heavy (non-hydrogen) atoms. The highest BCUT2D eigenvalue weighted by atomic mass is 19.4. The lowest BCUT2D eigenvalue weighted by Crippen LogP contribution is -2.32. The van der Waals surface area contributed by atoms with Crippen LogP contribution in [0.3, 0.4) is 0 Å². The summed E-state index contributed by atoms with van der Waals surface area (Å²) < 4.78 is 55.9. The molecule has 0 fully saturated rings. The number of rotatable bonds is 5. The van der Waals surface area contributed by atoms with E-state index in [9.17, 15) is 27.2 Å². The minimum Gasteiger partial charge on any atom is -0.323 e. The molecule has 0 saturated carbocycles. The summed E-state index contributed by atoms with van der Waals surface area (Å²) in [5.41, 5.74) is -4.29. The zero-order valence-corrected chi connectivity index (χ0v) is 16.9. The Morgan fingerprint density at radius 3 is 2.44 bits per heavy atom. The monoisotopic (exact) mass is 450 g/mol. The van der Waals surface area contributed by atoms with Crippen LogP contribution in [0.25, 0.3) is 10.8 Å². The van der Waals surface area contributed by atoms with Crippen LogP contribution in [-0.4, -0.2) is 26.6 Å². The highest BCUT2D eigenvalue weighted by molar-refractivity contribution is 5.91. The van der Waals surface area contributed by atoms with E-state index >= 15 is 0 Å². The number of nitrogens with one attached hydrogen (secondary N) is 3. The number of anilines is 1. The molecule has 0 aliphatic heterocycles. The summed E-state index contributed by atoms with van der Waals surface area (Å²) in [6.07, 6.45) is -2.53. The number of halogens is 4. The minimum atomic E-state index is -4.69. The largest absolute Gasteiger partial charge is 0.416 e. The predicted molar refractivity (Wildman–Crippen MR) is 108 cm³/mol. The number of alkyl halides is 4. The lowest BCUT2D eigenvalue weighted by atomic mass is 9.99. The molecular weight excluding hydrogens is 432 g/mol. The van der Waals surface area contributed by atoms with Gasteiger partial charge in [0.1, 0.15) is 23.4 Å². The van der Waals surface area contributed by atoms with Crippen LogP contribution < -0.4 is 16.4 Å². The fourth-order valence-electron chi connectivity index (χ4n) is 3.04. The topological polar surface area (TPSA) is 117 Å². The highest BCUT2D eigenvalue weighted by Crippen LogP contribution is 2.34. The van der Waals surface area contributed by atoms with Gasteiger partial charge in [-0.2, -0.15) is 18.3 Å². The second kappa shape index (κ2) is 8.02. The molecular formula is C20H18F4N6O2. The summed E-state index contributed by atoms with van der Waals surface area (Å²) in [4.78, 5) is 25.2. The quantitative estimate of drug-likeness (QED) is 0.315. The number of hydrogen-bond donors (Lipinski definition) is 3. The van der Waals surface area contributed by atoms with Gasteiger partial charge in [-0.15, -0.1) is 0 Å². The van der Waals surface area contributed by atoms with Gasteiger partial charge in [-0.1, -0.05) is 0 Å². The predicted octanol–water partition coefficient (Wildman–Crippen LogP) is 2.99. The molecule has 3 rings (SSSR count). The maximum absolute atomic E-state index is 14.8. The summed E-state index contributed by atoms with van der Waals surface area (Å²) >= 11 is 0. The standard InChI is InChI=1S/C20H18F4N6O2/c1-19(2,21)17-14-7-11(20(22,23)24)3-5-13(14)18(32)30(28-17)9-16(31)27-12-4-6-15(26)29(8-12)10-25/h3-8,10,25-26H,9H2,1-2H3,(H,27,31). The number of hydrogen-bond acceptors (Lipinski definition) is 5. The molecule has 12 heteroatoms. The van der Waals surface area contributed by atoms with Crippen LogP contribution in [0.4, 0.5) is 23.2 Å². The molecule has 8 nitrogen and oxygen atoms in total. The van der Waals surface area contributed by atoms with E-state index in [-0.39, 0.29) is 21.9 Å². The summed E-state index contributed by atoms with van der Waals surface area (Å²) in [5, 5.41) is 20.7. The number of pyridine rings is 1. The Bertz CT molecular complexity index is 1340. The summed E-state index contributed by atoms with van der Waals surface area (Å²) in [7, 11) is 0. The Labute approximate surface area is 178 Å². The van der Waals surface area contributed by atoms with Crippen molar-refractivity contribution in [2.24, 2.45) is 0 Å². The van der Waals surface area contributed by atoms with E-state index in [0.717, 1.165) is 30.8 Å². The van der Waals surface area contributed by atoms with Crippen LogP contribution >= 0.6 is 0 Å². The second-order valence-corrected chi connectivity index (χ2v) is 7.43. The number of aromatic nitrogens is 3. The van der Waals surface area contributed by atoms with Gasteiger partial charge in [0, 0.05) is 11.6 Å². The minimum absolute atomic E-state index is 0.00143. The maximum atomic E-state index is 14.8. The molecule has 168 valence electrons. The molecule has 0 saturated heterocycles. The first-order valence-corrected chi connectivity index (χ1v) is 9.20. The van der Waals surface area contributed by atoms with Gasteiger partial charge >= 0.3 is 6.18 Å². The van der Waals surface area contributed by atoms with Crippen molar-refractivity contribution in [2.75, 3.05) is 5.32 Å². The molecule has 3 aromatic rings. The van der Waals surface area contributed by atoms with E-state index in [1.807, 2.05) is 0 Å². The zero-order chi connectivity index (χ0) is 23.8. The van der Waals surface area contributed by atoms with Crippen molar-refractivity contribution in [2.45, 2.75) is 32.2 Å². The van der Waals surface area contributed by atoms with Crippen molar-refractivity contribution in [1.29, 1.82) is 10.8 Å². The molecule has 0 bridgehead atoms. The molecule has 1 amide bonds. The van der Waals surface area contributed by atoms with Gasteiger partial charge in [0.2, 0.25) is 5.91 Å². The Balaban J connectivity index is 2.04. The van der Waals surface area contributed by atoms with Crippen molar-refractivity contribution in [3.8, 4) is 0 Å². The van der Waals surface area contributed by atoms with E-state index in [4.69, 9.17) is 10.8 Å². The molecule has 0 aliphatic rings. The molecule has 3 N–H and O–H groups in total. The lowest BCUT2D eigenvalue weighted by molar-refractivity contribution is -0.137. The molecule has 0 atom stereocenters. The van der Waals surface area contributed by atoms with Gasteiger partial charge in [-0.25, -0.2) is 9.07 Å². The van der Waals surface area contributed by atoms with E-state index in [0.29, 0.717) is 16.8 Å². The second-order valence-electron chi connectivity index (χ2n) is 7.43. The van der Waals surface area contributed by atoms with Gasteiger partial charge in [-0.05, 0) is 44.2 Å². The van der Waals surface area contributed by atoms with E-state index in [1.165, 1.54) is 18.3 Å².